The van der Waals surface area contributed by atoms with Crippen molar-refractivity contribution in [1.29, 1.82) is 0 Å². The lowest BCUT2D eigenvalue weighted by Crippen LogP contribution is -2.56. The van der Waals surface area contributed by atoms with Crippen LogP contribution in [0.4, 0.5) is 28.9 Å². The van der Waals surface area contributed by atoms with Gasteiger partial charge in [-0.05, 0) is 127 Å². The summed E-state index contributed by atoms with van der Waals surface area (Å²) in [6, 6.07) is 29.7. The number of halogens is 4. The molecule has 9 aromatic rings. The number of anilines is 2. The largest absolute Gasteiger partial charge is 0.454 e. The number of benzene rings is 5. The number of nitrogens with one attached hydrogen (secondary N) is 3. The predicted octanol–water partition coefficient (Wildman–Crippen LogP) is 10.9. The first kappa shape index (κ1) is 65.2. The monoisotopic (exact) mass is 1390 g/mol. The van der Waals surface area contributed by atoms with Crippen LogP contribution in [-0.4, -0.2) is 105 Å². The highest BCUT2D eigenvalue weighted by Gasteiger charge is 2.54. The van der Waals surface area contributed by atoms with E-state index in [1.165, 1.54) is 66.3 Å². The third kappa shape index (κ3) is 13.0. The van der Waals surface area contributed by atoms with E-state index in [0.717, 1.165) is 53.8 Å². The normalized spacial score (nSPS) is 17.9. The lowest BCUT2D eigenvalue weighted by Gasteiger charge is -2.38. The number of ether oxygens (including phenoxy) is 2. The molecular weight excluding hydrogens is 1340 g/mol. The van der Waals surface area contributed by atoms with Crippen molar-refractivity contribution in [3.63, 3.8) is 0 Å². The first-order chi connectivity index (χ1) is 46.5. The summed E-state index contributed by atoms with van der Waals surface area (Å²) in [5.41, 5.74) is 1.49. The van der Waals surface area contributed by atoms with Gasteiger partial charge in [-0.2, -0.15) is 23.2 Å². The Morgan fingerprint density at radius 1 is 0.742 bits per heavy atom. The number of carbonyl (C=O) groups is 3. The topological polar surface area (TPSA) is 266 Å². The van der Waals surface area contributed by atoms with Crippen LogP contribution in [-0.2, 0) is 53.6 Å². The van der Waals surface area contributed by atoms with Gasteiger partial charge < -0.3 is 34.7 Å². The molecule has 0 bridgehead atoms. The van der Waals surface area contributed by atoms with Gasteiger partial charge in [-0.1, -0.05) is 60.7 Å². The number of guanidine groups is 1. The lowest BCUT2D eigenvalue weighted by atomic mass is 9.97. The minimum Gasteiger partial charge on any atom is -0.454 e. The van der Waals surface area contributed by atoms with Gasteiger partial charge in [-0.25, -0.2) is 39.1 Å². The maximum atomic E-state index is 14.7. The molecule has 2 atom stereocenters. The predicted molar refractivity (Wildman–Crippen MR) is 353 cm³/mol. The quantitative estimate of drug-likeness (QED) is 0.0435. The number of rotatable bonds is 17. The fourth-order valence-electron chi connectivity index (χ4n) is 11.8. The number of aromatic nitrogens is 3. The minimum absolute atomic E-state index is 0.00392. The number of imidazole rings is 1. The van der Waals surface area contributed by atoms with E-state index >= 15 is 0 Å². The van der Waals surface area contributed by atoms with Crippen molar-refractivity contribution < 1.29 is 71.2 Å². The van der Waals surface area contributed by atoms with Gasteiger partial charge in [-0.3, -0.25) is 19.4 Å². The van der Waals surface area contributed by atoms with Gasteiger partial charge in [0, 0.05) is 62.9 Å². The highest BCUT2D eigenvalue weighted by Crippen LogP contribution is 2.46. The number of amides is 3. The molecule has 29 heteroatoms. The summed E-state index contributed by atoms with van der Waals surface area (Å²) in [6.07, 6.45) is 18.4. The molecule has 1 aliphatic carbocycles. The summed E-state index contributed by atoms with van der Waals surface area (Å²) >= 11 is 1.28. The fourth-order valence-corrected chi connectivity index (χ4v) is 17.5. The molecule has 494 valence electrons. The van der Waals surface area contributed by atoms with Crippen LogP contribution in [0.3, 0.4) is 0 Å². The number of thiophene rings is 1. The maximum Gasteiger partial charge on any atom is 0.417 e. The zero-order chi connectivity index (χ0) is 67.9. The number of nitrogens with zero attached hydrogens (tertiary/aromatic N) is 7. The zero-order valence-electron chi connectivity index (χ0n) is 50.8. The van der Waals surface area contributed by atoms with Crippen LogP contribution in [0.15, 0.2) is 241 Å². The molecule has 5 aromatic carbocycles. The standard InChI is InChI=1S/C46H40N8O8S2.C22H14F4N2O3S2/c55-43(49-26-32-12-14-36(15-13-32)63(57,58)37-9-6-8-35(25-37)52-20-4-5-21-52)33-24-38(42-47-18-22-53(42)28-33)51-44(56)34-27-50-45-48-19-23-54(45,29-34)30-46(16-2-1-3-17-46)64(59,60)40-11-7-10-39-41(40)62-31-61-39;23-15-3-6-20(17(10-15)22(24,25)26)33(30,31)16-4-1-13(2-5-16)11-28-21(29)18-9-14-7-8-27-12-19(14)32-18/h1-3,6-16,18-19,22-25,27-29H,4-5,17,20-21,26,30-31H2,(H-,49,51,55,56);1-10,12H,11H2,(H,28,29)/p+1. The summed E-state index contributed by atoms with van der Waals surface area (Å²) in [4.78, 5) is 59.1. The van der Waals surface area contributed by atoms with Crippen LogP contribution in [0.1, 0.15) is 56.0 Å². The van der Waals surface area contributed by atoms with Crippen molar-refractivity contribution in [2.75, 3.05) is 36.6 Å². The van der Waals surface area contributed by atoms with Crippen LogP contribution >= 0.6 is 11.3 Å². The van der Waals surface area contributed by atoms with Gasteiger partial charge in [0.15, 0.2) is 27.0 Å². The average molecular weight is 1390 g/mol. The van der Waals surface area contributed by atoms with Gasteiger partial charge in [0.1, 0.15) is 40.0 Å². The van der Waals surface area contributed by atoms with Gasteiger partial charge >= 0.3 is 12.1 Å². The number of allylic oxidation sites excluding steroid dienone is 3. The summed E-state index contributed by atoms with van der Waals surface area (Å²) < 4.78 is 147. The molecule has 0 radical (unpaired) electrons. The minimum atomic E-state index is -5.04. The summed E-state index contributed by atoms with van der Waals surface area (Å²) in [5, 5.41) is 9.37. The maximum absolute atomic E-state index is 14.7. The molecule has 3 N–H and O–H groups in total. The molecule has 0 spiro atoms. The van der Waals surface area contributed by atoms with Crippen molar-refractivity contribution in [3.8, 4) is 11.5 Å². The molecule has 5 aliphatic rings. The molecular formula is C68H55F4N10O11S4+. The summed E-state index contributed by atoms with van der Waals surface area (Å²) in [7, 11) is -12.5. The number of quaternary nitrogens is 1. The number of fused-ring (bicyclic) bond motifs is 4. The van der Waals surface area contributed by atoms with Crippen LogP contribution in [0.2, 0.25) is 0 Å². The average Bonchev–Trinajstić information content (AvgIpc) is 1.70. The highest BCUT2D eigenvalue weighted by molar-refractivity contribution is 7.93. The number of sulfone groups is 3. The Balaban J connectivity index is 0.000000216. The molecule has 4 aliphatic heterocycles. The Hall–Kier alpha value is -10.5. The van der Waals surface area contributed by atoms with E-state index in [4.69, 9.17) is 9.47 Å². The van der Waals surface area contributed by atoms with Crippen molar-refractivity contribution in [2.24, 2.45) is 9.98 Å². The fraction of sp³-hybridized carbons (Fsp3) is 0.162. The SMILES string of the molecule is O=C(NCc1ccc(S(=O)(=O)c2ccc(F)cc2C(F)(F)F)cc1)c1cc2ccncc2s1.O=C(Nc1cc(C(=O)NCc2ccc(S(=O)(=O)c3cccc(N4CCCC4)c3)cc2)cn2ccnc12)C1=C[N+]2(CC3(S(=O)(=O)c4cccc5c4OCO5)C=CC=CC3)C=CN=C2N=C1. The molecule has 21 nitrogen and oxygen atoms in total. The van der Waals surface area contributed by atoms with E-state index in [9.17, 15) is 57.2 Å². The molecule has 97 heavy (non-hydrogen) atoms. The molecule has 14 rings (SSSR count). The molecule has 8 heterocycles. The van der Waals surface area contributed by atoms with Gasteiger partial charge in [0.25, 0.3) is 17.7 Å². The number of para-hydroxylation sites is 1. The summed E-state index contributed by atoms with van der Waals surface area (Å²) in [5.74, 6) is -1.78. The molecule has 1 fully saturated rings. The van der Waals surface area contributed by atoms with Crippen LogP contribution < -0.4 is 30.3 Å². The Labute approximate surface area is 556 Å². The van der Waals surface area contributed by atoms with Gasteiger partial charge in [0.05, 0.1) is 58.4 Å². The van der Waals surface area contributed by atoms with E-state index in [1.54, 1.807) is 120 Å². The number of carbonyl (C=O) groups excluding carboxylic acids is 3. The number of aliphatic imine (C=N–C) groups is 2. The van der Waals surface area contributed by atoms with Crippen molar-refractivity contribution >= 4 is 97.9 Å². The molecule has 4 aromatic heterocycles. The van der Waals surface area contributed by atoms with Crippen molar-refractivity contribution in [3.05, 3.63) is 240 Å². The van der Waals surface area contributed by atoms with Crippen LogP contribution in [0, 0.1) is 5.82 Å². The van der Waals surface area contributed by atoms with E-state index < -0.39 is 68.5 Å². The zero-order valence-corrected chi connectivity index (χ0v) is 54.0. The Morgan fingerprint density at radius 3 is 2.20 bits per heavy atom. The lowest BCUT2D eigenvalue weighted by molar-refractivity contribution is -0.733. The highest BCUT2D eigenvalue weighted by atomic mass is 32.2. The Bertz CT molecular complexity index is 5190. The molecule has 2 unspecified atom stereocenters. The Kier molecular flexibility index (Phi) is 17.4. The number of alkyl halides is 3. The smallest absolute Gasteiger partial charge is 0.417 e. The molecule has 0 saturated carbocycles. The van der Waals surface area contributed by atoms with Crippen LogP contribution in [0.5, 0.6) is 11.5 Å². The second-order valence-electron chi connectivity index (χ2n) is 23.0. The third-order valence-electron chi connectivity index (χ3n) is 16.7. The van der Waals surface area contributed by atoms with Gasteiger partial charge in [-0.15, -0.1) is 11.3 Å². The van der Waals surface area contributed by atoms with E-state index in [-0.39, 0.29) is 97.4 Å². The first-order valence-corrected chi connectivity index (χ1v) is 35.2. The van der Waals surface area contributed by atoms with E-state index in [2.05, 4.69) is 40.8 Å². The van der Waals surface area contributed by atoms with Crippen molar-refractivity contribution in [2.45, 2.75) is 67.8 Å². The van der Waals surface area contributed by atoms with E-state index in [1.807, 2.05) is 6.07 Å². The second-order valence-corrected chi connectivity index (χ2v) is 30.2. The van der Waals surface area contributed by atoms with Crippen LogP contribution in [0.25, 0.3) is 15.7 Å². The first-order valence-electron chi connectivity index (χ1n) is 30.0. The number of pyridine rings is 2. The number of hydrogen-bond donors (Lipinski definition) is 3. The third-order valence-corrected chi connectivity index (χ3v) is 23.8. The molecule has 3 amide bonds. The summed E-state index contributed by atoms with van der Waals surface area (Å²) in [6.45, 7) is 1.80. The second kappa shape index (κ2) is 25.9. The number of hydrogen-bond acceptors (Lipinski definition) is 17. The molecule has 1 saturated heterocycles. The Morgan fingerprint density at radius 2 is 1.47 bits per heavy atom. The van der Waals surface area contributed by atoms with Gasteiger partial charge in [0.2, 0.25) is 26.5 Å². The van der Waals surface area contributed by atoms with E-state index in [0.29, 0.717) is 39.5 Å². The van der Waals surface area contributed by atoms with Crippen molar-refractivity contribution in [1.82, 2.24) is 25.0 Å².